The SMILES string of the molecule is COc1cccc(/C=C(\NC(=O)c2ccccc2)C(=O)Nc2ccc(SCC(=O)Nc3ccccc3C(F)(F)F)cc2)c1. The minimum absolute atomic E-state index is 0.00336. The topological polar surface area (TPSA) is 96.5 Å². The third-order valence-corrected chi connectivity index (χ3v) is 6.93. The maximum absolute atomic E-state index is 13.2. The lowest BCUT2D eigenvalue weighted by molar-refractivity contribution is -0.137. The molecule has 0 aliphatic heterocycles. The van der Waals surface area contributed by atoms with E-state index in [-0.39, 0.29) is 17.1 Å². The standard InChI is InChI=1S/C32H26F3N3O4S/c1-42-24-11-7-8-21(18-24)19-28(38-30(40)22-9-3-2-4-10-22)31(41)36-23-14-16-25(17-15-23)43-20-29(39)37-27-13-6-5-12-26(27)32(33,34)35/h2-19H,20H2,1H3,(H,36,41)(H,37,39)(H,38,40)/b28-19-. The Hall–Kier alpha value is -5.03. The first-order valence-electron chi connectivity index (χ1n) is 12.8. The molecule has 7 nitrogen and oxygen atoms in total. The van der Waals surface area contributed by atoms with Crippen molar-refractivity contribution in [3.05, 3.63) is 126 Å². The van der Waals surface area contributed by atoms with E-state index in [0.717, 1.165) is 17.8 Å². The molecular formula is C32H26F3N3O4S. The van der Waals surface area contributed by atoms with E-state index in [1.54, 1.807) is 78.9 Å². The normalized spacial score (nSPS) is 11.4. The van der Waals surface area contributed by atoms with E-state index < -0.39 is 29.5 Å². The molecular weight excluding hydrogens is 579 g/mol. The summed E-state index contributed by atoms with van der Waals surface area (Å²) < 4.78 is 44.8. The number of ether oxygens (including phenoxy) is 1. The fraction of sp³-hybridized carbons (Fsp3) is 0.0938. The van der Waals surface area contributed by atoms with Crippen LogP contribution in [-0.2, 0) is 15.8 Å². The third-order valence-electron chi connectivity index (χ3n) is 5.92. The summed E-state index contributed by atoms with van der Waals surface area (Å²) in [4.78, 5) is 39.1. The third kappa shape index (κ3) is 8.98. The molecule has 0 saturated heterocycles. The van der Waals surface area contributed by atoms with Gasteiger partial charge in [0, 0.05) is 16.1 Å². The number of carbonyl (C=O) groups is 3. The second-order valence-corrected chi connectivity index (χ2v) is 10.1. The van der Waals surface area contributed by atoms with Gasteiger partial charge in [-0.15, -0.1) is 11.8 Å². The van der Waals surface area contributed by atoms with Crippen LogP contribution in [0.15, 0.2) is 114 Å². The van der Waals surface area contributed by atoms with Crippen LogP contribution in [0.5, 0.6) is 5.75 Å². The molecule has 4 aromatic carbocycles. The number of nitrogens with one attached hydrogen (secondary N) is 3. The fourth-order valence-electron chi connectivity index (χ4n) is 3.85. The van der Waals surface area contributed by atoms with Gasteiger partial charge in [-0.05, 0) is 72.3 Å². The van der Waals surface area contributed by atoms with Crippen molar-refractivity contribution in [1.29, 1.82) is 0 Å². The Kier molecular flexibility index (Phi) is 10.2. The molecule has 3 N–H and O–H groups in total. The Bertz CT molecular complexity index is 1630. The molecule has 4 rings (SSSR count). The van der Waals surface area contributed by atoms with E-state index in [4.69, 9.17) is 4.74 Å². The van der Waals surface area contributed by atoms with Gasteiger partial charge in [-0.2, -0.15) is 13.2 Å². The summed E-state index contributed by atoms with van der Waals surface area (Å²) in [5, 5.41) is 7.72. The van der Waals surface area contributed by atoms with Crippen LogP contribution in [0, 0.1) is 0 Å². The highest BCUT2D eigenvalue weighted by Gasteiger charge is 2.33. The molecule has 0 fully saturated rings. The van der Waals surface area contributed by atoms with Crippen LogP contribution in [0.4, 0.5) is 24.5 Å². The number of para-hydroxylation sites is 1. The van der Waals surface area contributed by atoms with Gasteiger partial charge in [0.1, 0.15) is 11.4 Å². The van der Waals surface area contributed by atoms with E-state index in [2.05, 4.69) is 16.0 Å². The Morgan fingerprint density at radius 3 is 2.23 bits per heavy atom. The van der Waals surface area contributed by atoms with Crippen LogP contribution in [-0.4, -0.2) is 30.6 Å². The zero-order valence-corrected chi connectivity index (χ0v) is 23.6. The highest BCUT2D eigenvalue weighted by Crippen LogP contribution is 2.34. The van der Waals surface area contributed by atoms with E-state index in [1.165, 1.54) is 31.4 Å². The van der Waals surface area contributed by atoms with Gasteiger partial charge in [0.2, 0.25) is 5.91 Å². The summed E-state index contributed by atoms with van der Waals surface area (Å²) in [5.41, 5.74) is 0.184. The maximum atomic E-state index is 13.2. The summed E-state index contributed by atoms with van der Waals surface area (Å²) in [6.45, 7) is 0. The highest BCUT2D eigenvalue weighted by molar-refractivity contribution is 8.00. The number of methoxy groups -OCH3 is 1. The number of anilines is 2. The Balaban J connectivity index is 1.42. The van der Waals surface area contributed by atoms with Gasteiger partial charge >= 0.3 is 6.18 Å². The monoisotopic (exact) mass is 605 g/mol. The van der Waals surface area contributed by atoms with Crippen molar-refractivity contribution in [3.8, 4) is 5.75 Å². The molecule has 0 unspecified atom stereocenters. The van der Waals surface area contributed by atoms with E-state index in [9.17, 15) is 27.6 Å². The molecule has 220 valence electrons. The van der Waals surface area contributed by atoms with Crippen LogP contribution in [0.2, 0.25) is 0 Å². The number of amides is 3. The number of hydrogen-bond acceptors (Lipinski definition) is 5. The minimum Gasteiger partial charge on any atom is -0.497 e. The lowest BCUT2D eigenvalue weighted by Crippen LogP contribution is -2.30. The molecule has 0 saturated carbocycles. The molecule has 0 bridgehead atoms. The Morgan fingerprint density at radius 1 is 0.837 bits per heavy atom. The van der Waals surface area contributed by atoms with Crippen LogP contribution in [0.3, 0.4) is 0 Å². The number of thioether (sulfide) groups is 1. The first-order valence-corrected chi connectivity index (χ1v) is 13.8. The van der Waals surface area contributed by atoms with Crippen molar-refractivity contribution in [2.45, 2.75) is 11.1 Å². The highest BCUT2D eigenvalue weighted by atomic mass is 32.2. The van der Waals surface area contributed by atoms with E-state index >= 15 is 0 Å². The van der Waals surface area contributed by atoms with Crippen LogP contribution < -0.4 is 20.7 Å². The van der Waals surface area contributed by atoms with Gasteiger partial charge < -0.3 is 20.7 Å². The number of alkyl halides is 3. The summed E-state index contributed by atoms with van der Waals surface area (Å²) in [7, 11) is 1.52. The molecule has 0 heterocycles. The van der Waals surface area contributed by atoms with Gasteiger partial charge in [-0.1, -0.05) is 42.5 Å². The van der Waals surface area contributed by atoms with Crippen molar-refractivity contribution < 1.29 is 32.3 Å². The molecule has 0 spiro atoms. The molecule has 43 heavy (non-hydrogen) atoms. The average molecular weight is 606 g/mol. The molecule has 0 aromatic heterocycles. The lowest BCUT2D eigenvalue weighted by atomic mass is 10.1. The van der Waals surface area contributed by atoms with Crippen LogP contribution >= 0.6 is 11.8 Å². The van der Waals surface area contributed by atoms with Crippen LogP contribution in [0.1, 0.15) is 21.5 Å². The smallest absolute Gasteiger partial charge is 0.418 e. The van der Waals surface area contributed by atoms with Crippen molar-refractivity contribution >= 4 is 46.9 Å². The largest absolute Gasteiger partial charge is 0.497 e. The number of hydrogen-bond donors (Lipinski definition) is 3. The van der Waals surface area contributed by atoms with Crippen molar-refractivity contribution in [2.24, 2.45) is 0 Å². The first-order chi connectivity index (χ1) is 20.6. The summed E-state index contributed by atoms with van der Waals surface area (Å²) in [6, 6.07) is 26.7. The second kappa shape index (κ2) is 14.2. The number of halogens is 3. The van der Waals surface area contributed by atoms with Crippen molar-refractivity contribution in [2.75, 3.05) is 23.5 Å². The molecule has 4 aromatic rings. The molecule has 0 radical (unpaired) electrons. The zero-order valence-electron chi connectivity index (χ0n) is 22.8. The van der Waals surface area contributed by atoms with Gasteiger partial charge in [0.25, 0.3) is 11.8 Å². The Morgan fingerprint density at radius 2 is 1.53 bits per heavy atom. The molecule has 11 heteroatoms. The fourth-order valence-corrected chi connectivity index (χ4v) is 4.55. The van der Waals surface area contributed by atoms with Gasteiger partial charge in [-0.25, -0.2) is 0 Å². The summed E-state index contributed by atoms with van der Waals surface area (Å²) in [6.07, 6.45) is -3.07. The number of carbonyl (C=O) groups excluding carboxylic acids is 3. The van der Waals surface area contributed by atoms with E-state index in [1.807, 2.05) is 0 Å². The second-order valence-electron chi connectivity index (χ2n) is 9.01. The molecule has 0 atom stereocenters. The van der Waals surface area contributed by atoms with Gasteiger partial charge in [-0.3, -0.25) is 14.4 Å². The maximum Gasteiger partial charge on any atom is 0.418 e. The van der Waals surface area contributed by atoms with E-state index in [0.29, 0.717) is 27.5 Å². The minimum atomic E-state index is -4.59. The predicted octanol–water partition coefficient (Wildman–Crippen LogP) is 6.85. The van der Waals surface area contributed by atoms with Gasteiger partial charge in [0.15, 0.2) is 0 Å². The average Bonchev–Trinajstić information content (AvgIpc) is 3.00. The zero-order chi connectivity index (χ0) is 30.8. The van der Waals surface area contributed by atoms with Crippen molar-refractivity contribution in [1.82, 2.24) is 5.32 Å². The summed E-state index contributed by atoms with van der Waals surface area (Å²) >= 11 is 1.12. The quantitative estimate of drug-likeness (QED) is 0.136. The van der Waals surface area contributed by atoms with Crippen LogP contribution in [0.25, 0.3) is 6.08 Å². The lowest BCUT2D eigenvalue weighted by Gasteiger charge is -2.13. The molecule has 0 aliphatic rings. The number of rotatable bonds is 10. The Labute approximate surface area is 250 Å². The van der Waals surface area contributed by atoms with Crippen molar-refractivity contribution in [3.63, 3.8) is 0 Å². The first kappa shape index (κ1) is 30.9. The summed E-state index contributed by atoms with van der Waals surface area (Å²) in [5.74, 6) is -1.19. The number of benzene rings is 4. The molecule has 3 amide bonds. The molecule has 0 aliphatic carbocycles. The predicted molar refractivity (Wildman–Crippen MR) is 161 cm³/mol. The van der Waals surface area contributed by atoms with Gasteiger partial charge in [0.05, 0.1) is 24.1 Å².